The summed E-state index contributed by atoms with van der Waals surface area (Å²) in [6.45, 7) is 2.43. The van der Waals surface area contributed by atoms with E-state index in [1.165, 1.54) is 4.90 Å². The Kier molecular flexibility index (Phi) is 5.81. The van der Waals surface area contributed by atoms with Crippen LogP contribution < -0.4 is 16.2 Å². The molecule has 4 N–H and O–H groups in total. The number of nitrogens with two attached hydrogens (primary N) is 2. The first-order chi connectivity index (χ1) is 9.06. The largest absolute Gasteiger partial charge is 0.484 e. The number of ether oxygens (including phenoxy) is 1. The number of hydrogen-bond donors (Lipinski definition) is 2. The van der Waals surface area contributed by atoms with Crippen molar-refractivity contribution in [2.45, 2.75) is 13.5 Å². The predicted molar refractivity (Wildman–Crippen MR) is 71.3 cm³/mol. The molecule has 6 heteroatoms. The fourth-order valence-electron chi connectivity index (χ4n) is 1.52. The minimum absolute atomic E-state index is 0.0925. The third-order valence-electron chi connectivity index (χ3n) is 2.60. The molecule has 0 aliphatic carbocycles. The number of carbonyl (C=O) groups is 2. The van der Waals surface area contributed by atoms with Crippen molar-refractivity contribution in [1.29, 1.82) is 0 Å². The smallest absolute Gasteiger partial charge is 0.260 e. The number of likely N-dealkylation sites (N-methyl/N-ethyl adjacent to an activating group) is 1. The molecule has 1 aromatic rings. The van der Waals surface area contributed by atoms with Crippen molar-refractivity contribution < 1.29 is 14.3 Å². The van der Waals surface area contributed by atoms with Gasteiger partial charge in [0.25, 0.3) is 5.91 Å². The van der Waals surface area contributed by atoms with Gasteiger partial charge in [0.05, 0.1) is 6.54 Å². The van der Waals surface area contributed by atoms with Crippen molar-refractivity contribution in [3.63, 3.8) is 0 Å². The van der Waals surface area contributed by atoms with E-state index in [2.05, 4.69) is 0 Å². The highest BCUT2D eigenvalue weighted by atomic mass is 16.5. The minimum Gasteiger partial charge on any atom is -0.484 e. The Labute approximate surface area is 112 Å². The van der Waals surface area contributed by atoms with Gasteiger partial charge in [-0.05, 0) is 24.6 Å². The lowest BCUT2D eigenvalue weighted by Gasteiger charge is -2.19. The Morgan fingerprint density at radius 3 is 2.37 bits per heavy atom. The number of nitrogens with zero attached hydrogens (tertiary/aromatic N) is 1. The van der Waals surface area contributed by atoms with Gasteiger partial charge in [0.2, 0.25) is 5.91 Å². The highest BCUT2D eigenvalue weighted by Gasteiger charge is 2.14. The lowest BCUT2D eigenvalue weighted by molar-refractivity contribution is -0.136. The second-order valence-electron chi connectivity index (χ2n) is 4.01. The first kappa shape index (κ1) is 15.0. The maximum Gasteiger partial charge on any atom is 0.260 e. The van der Waals surface area contributed by atoms with Gasteiger partial charge in [-0.25, -0.2) is 0 Å². The molecule has 6 nitrogen and oxygen atoms in total. The van der Waals surface area contributed by atoms with Crippen LogP contribution in [0, 0.1) is 0 Å². The Morgan fingerprint density at radius 2 is 1.89 bits per heavy atom. The van der Waals surface area contributed by atoms with Gasteiger partial charge in [0, 0.05) is 13.1 Å². The fourth-order valence-corrected chi connectivity index (χ4v) is 1.52. The molecular formula is C13H19N3O3. The highest BCUT2D eigenvalue weighted by molar-refractivity contribution is 5.84. The minimum atomic E-state index is -0.539. The van der Waals surface area contributed by atoms with Gasteiger partial charge < -0.3 is 21.1 Å². The normalized spacial score (nSPS) is 10.0. The summed E-state index contributed by atoms with van der Waals surface area (Å²) >= 11 is 0. The number of hydrogen-bond acceptors (Lipinski definition) is 4. The molecule has 0 radical (unpaired) electrons. The van der Waals surface area contributed by atoms with Crippen LogP contribution in [-0.4, -0.2) is 36.4 Å². The number of carbonyl (C=O) groups excluding carboxylic acids is 2. The van der Waals surface area contributed by atoms with Crippen molar-refractivity contribution in [3.8, 4) is 5.75 Å². The second kappa shape index (κ2) is 7.38. The molecule has 0 aliphatic heterocycles. The molecule has 104 valence electrons. The predicted octanol–water partition coefficient (Wildman–Crippen LogP) is -0.142. The molecule has 0 atom stereocenters. The molecule has 0 heterocycles. The van der Waals surface area contributed by atoms with Gasteiger partial charge >= 0.3 is 0 Å². The van der Waals surface area contributed by atoms with Crippen LogP contribution in [-0.2, 0) is 16.1 Å². The SMILES string of the molecule is CCN(CC(N)=O)C(=O)COc1ccc(CN)cc1. The Bertz CT molecular complexity index is 431. The van der Waals surface area contributed by atoms with E-state index in [0.29, 0.717) is 18.8 Å². The number of amides is 2. The molecule has 19 heavy (non-hydrogen) atoms. The molecule has 0 aromatic heterocycles. The van der Waals surface area contributed by atoms with Gasteiger partial charge in [-0.15, -0.1) is 0 Å². The summed E-state index contributed by atoms with van der Waals surface area (Å²) in [5, 5.41) is 0. The van der Waals surface area contributed by atoms with Crippen molar-refractivity contribution in [2.75, 3.05) is 19.7 Å². The van der Waals surface area contributed by atoms with Gasteiger partial charge in [0.1, 0.15) is 5.75 Å². The summed E-state index contributed by atoms with van der Waals surface area (Å²) in [4.78, 5) is 23.9. The molecule has 0 aliphatic rings. The molecule has 0 saturated heterocycles. The van der Waals surface area contributed by atoms with E-state index in [1.807, 2.05) is 12.1 Å². The van der Waals surface area contributed by atoms with Crippen LogP contribution in [0.25, 0.3) is 0 Å². The lowest BCUT2D eigenvalue weighted by Crippen LogP contribution is -2.40. The van der Waals surface area contributed by atoms with E-state index in [-0.39, 0.29) is 19.1 Å². The third-order valence-corrected chi connectivity index (χ3v) is 2.60. The molecule has 1 rings (SSSR count). The molecule has 0 spiro atoms. The van der Waals surface area contributed by atoms with Crippen LogP contribution >= 0.6 is 0 Å². The average molecular weight is 265 g/mol. The monoisotopic (exact) mass is 265 g/mol. The summed E-state index contributed by atoms with van der Waals surface area (Å²) in [6.07, 6.45) is 0. The Hall–Kier alpha value is -2.08. The van der Waals surface area contributed by atoms with Crippen molar-refractivity contribution >= 4 is 11.8 Å². The summed E-state index contributed by atoms with van der Waals surface area (Å²) in [5.74, 6) is -0.229. The zero-order valence-corrected chi connectivity index (χ0v) is 11.0. The van der Waals surface area contributed by atoms with Crippen LogP contribution in [0.5, 0.6) is 5.75 Å². The van der Waals surface area contributed by atoms with E-state index < -0.39 is 5.91 Å². The zero-order chi connectivity index (χ0) is 14.3. The second-order valence-corrected chi connectivity index (χ2v) is 4.01. The van der Waals surface area contributed by atoms with Crippen LogP contribution in [0.1, 0.15) is 12.5 Å². The first-order valence-electron chi connectivity index (χ1n) is 6.04. The molecule has 2 amide bonds. The van der Waals surface area contributed by atoms with Gasteiger partial charge in [0.15, 0.2) is 6.61 Å². The average Bonchev–Trinajstić information content (AvgIpc) is 2.42. The van der Waals surface area contributed by atoms with E-state index >= 15 is 0 Å². The Balaban J connectivity index is 2.49. The summed E-state index contributed by atoms with van der Waals surface area (Å²) in [5.41, 5.74) is 11.5. The highest BCUT2D eigenvalue weighted by Crippen LogP contribution is 2.11. The molecule has 0 saturated carbocycles. The quantitative estimate of drug-likeness (QED) is 0.716. The van der Waals surface area contributed by atoms with Gasteiger partial charge in [-0.1, -0.05) is 12.1 Å². The number of benzene rings is 1. The molecule has 0 bridgehead atoms. The summed E-state index contributed by atoms with van der Waals surface area (Å²) in [7, 11) is 0. The van der Waals surface area contributed by atoms with E-state index in [0.717, 1.165) is 5.56 Å². The summed E-state index contributed by atoms with van der Waals surface area (Å²) in [6, 6.07) is 7.17. The van der Waals surface area contributed by atoms with Crippen LogP contribution in [0.2, 0.25) is 0 Å². The van der Waals surface area contributed by atoms with Crippen LogP contribution in [0.3, 0.4) is 0 Å². The molecule has 0 unspecified atom stereocenters. The lowest BCUT2D eigenvalue weighted by atomic mass is 10.2. The van der Waals surface area contributed by atoms with E-state index in [4.69, 9.17) is 16.2 Å². The molecule has 0 fully saturated rings. The van der Waals surface area contributed by atoms with E-state index in [1.54, 1.807) is 19.1 Å². The maximum absolute atomic E-state index is 11.8. The first-order valence-corrected chi connectivity index (χ1v) is 6.04. The molecular weight excluding hydrogens is 246 g/mol. The van der Waals surface area contributed by atoms with Crippen molar-refractivity contribution in [1.82, 2.24) is 4.90 Å². The van der Waals surface area contributed by atoms with Crippen molar-refractivity contribution in [2.24, 2.45) is 11.5 Å². The third kappa shape index (κ3) is 4.97. The van der Waals surface area contributed by atoms with Crippen LogP contribution in [0.15, 0.2) is 24.3 Å². The zero-order valence-electron chi connectivity index (χ0n) is 11.0. The van der Waals surface area contributed by atoms with Crippen molar-refractivity contribution in [3.05, 3.63) is 29.8 Å². The maximum atomic E-state index is 11.8. The topological polar surface area (TPSA) is 98.6 Å². The number of rotatable bonds is 7. The fraction of sp³-hybridized carbons (Fsp3) is 0.385. The molecule has 1 aromatic carbocycles. The van der Waals surface area contributed by atoms with E-state index in [9.17, 15) is 9.59 Å². The van der Waals surface area contributed by atoms with Gasteiger partial charge in [-0.3, -0.25) is 9.59 Å². The van der Waals surface area contributed by atoms with Gasteiger partial charge in [-0.2, -0.15) is 0 Å². The summed E-state index contributed by atoms with van der Waals surface area (Å²) < 4.78 is 5.35. The Morgan fingerprint density at radius 1 is 1.26 bits per heavy atom. The van der Waals surface area contributed by atoms with Crippen LogP contribution in [0.4, 0.5) is 0 Å². The standard InChI is InChI=1S/C13H19N3O3/c1-2-16(8-12(15)17)13(18)9-19-11-5-3-10(7-14)4-6-11/h3-6H,2,7-9,14H2,1H3,(H2,15,17). The number of primary amides is 1.